The molecule has 0 saturated heterocycles. The van der Waals surface area contributed by atoms with Gasteiger partial charge in [0, 0.05) is 13.1 Å². The van der Waals surface area contributed by atoms with E-state index in [4.69, 9.17) is 0 Å². The van der Waals surface area contributed by atoms with E-state index in [9.17, 15) is 4.79 Å². The lowest BCUT2D eigenvalue weighted by Crippen LogP contribution is -2.31. The van der Waals surface area contributed by atoms with Crippen molar-refractivity contribution in [2.24, 2.45) is 0 Å². The number of rotatable bonds is 6. The van der Waals surface area contributed by atoms with Crippen LogP contribution in [0.15, 0.2) is 40.2 Å². The molecule has 19 heavy (non-hydrogen) atoms. The number of carbonyl (C=O) groups excluding carboxylic acids is 1. The maximum Gasteiger partial charge on any atom is 0.233 e. The Balaban J connectivity index is 1.88. The number of nitrogens with zero attached hydrogens (tertiary/aromatic N) is 3. The van der Waals surface area contributed by atoms with Crippen LogP contribution in [0.4, 0.5) is 0 Å². The molecule has 0 aliphatic heterocycles. The average Bonchev–Trinajstić information content (AvgIpc) is 2.96. The van der Waals surface area contributed by atoms with Gasteiger partial charge in [0.25, 0.3) is 0 Å². The summed E-state index contributed by atoms with van der Waals surface area (Å²) in [6, 6.07) is 10.0. The molecule has 0 unspecified atom stereocenters. The molecular formula is C13H15N3OS2. The molecule has 2 rings (SSSR count). The summed E-state index contributed by atoms with van der Waals surface area (Å²) in [4.78, 5) is 14.0. The van der Waals surface area contributed by atoms with Gasteiger partial charge in [-0.15, -0.1) is 10.2 Å². The summed E-state index contributed by atoms with van der Waals surface area (Å²) in [7, 11) is 0. The van der Waals surface area contributed by atoms with Gasteiger partial charge in [-0.2, -0.15) is 0 Å². The number of thioether (sulfide) groups is 1. The van der Waals surface area contributed by atoms with Gasteiger partial charge in [0.15, 0.2) is 4.34 Å². The quantitative estimate of drug-likeness (QED) is 0.768. The number of amides is 1. The standard InChI is InChI=1S/C13H15N3OS2/c1-2-16(8-11-6-4-3-5-7-11)12(17)9-18-13-15-14-10-19-13/h3-7,10H,2,8-9H2,1H3. The third kappa shape index (κ3) is 4.33. The Kier molecular flexibility index (Phi) is 5.35. The fraction of sp³-hybridized carbons (Fsp3) is 0.308. The van der Waals surface area contributed by atoms with Crippen molar-refractivity contribution in [2.45, 2.75) is 17.8 Å². The number of aromatic nitrogens is 2. The molecule has 0 spiro atoms. The second-order valence-corrected chi connectivity index (χ2v) is 5.94. The zero-order chi connectivity index (χ0) is 13.5. The van der Waals surface area contributed by atoms with Gasteiger partial charge in [0.2, 0.25) is 5.91 Å². The fourth-order valence-corrected chi connectivity index (χ4v) is 3.01. The Morgan fingerprint density at radius 1 is 1.37 bits per heavy atom. The normalized spacial score (nSPS) is 10.4. The van der Waals surface area contributed by atoms with Crippen molar-refractivity contribution in [3.63, 3.8) is 0 Å². The smallest absolute Gasteiger partial charge is 0.233 e. The summed E-state index contributed by atoms with van der Waals surface area (Å²) in [6.45, 7) is 3.37. The minimum Gasteiger partial charge on any atom is -0.338 e. The molecule has 100 valence electrons. The summed E-state index contributed by atoms with van der Waals surface area (Å²) in [6.07, 6.45) is 0. The van der Waals surface area contributed by atoms with E-state index in [-0.39, 0.29) is 5.91 Å². The second-order valence-electron chi connectivity index (χ2n) is 3.89. The molecule has 2 aromatic rings. The first-order valence-corrected chi connectivity index (χ1v) is 7.86. The zero-order valence-corrected chi connectivity index (χ0v) is 12.3. The van der Waals surface area contributed by atoms with Crippen molar-refractivity contribution < 1.29 is 4.79 Å². The predicted octanol–water partition coefficient (Wildman–Crippen LogP) is 2.68. The maximum absolute atomic E-state index is 12.1. The molecule has 0 N–H and O–H groups in total. The van der Waals surface area contributed by atoms with Crippen molar-refractivity contribution in [1.29, 1.82) is 0 Å². The molecule has 1 heterocycles. The second kappa shape index (κ2) is 7.25. The predicted molar refractivity (Wildman–Crippen MR) is 78.2 cm³/mol. The first-order valence-electron chi connectivity index (χ1n) is 6.00. The minimum atomic E-state index is 0.131. The van der Waals surface area contributed by atoms with E-state index in [0.29, 0.717) is 18.8 Å². The van der Waals surface area contributed by atoms with Gasteiger partial charge in [-0.05, 0) is 12.5 Å². The van der Waals surface area contributed by atoms with Crippen LogP contribution >= 0.6 is 23.1 Å². The molecule has 1 amide bonds. The Labute approximate surface area is 120 Å². The van der Waals surface area contributed by atoms with Gasteiger partial charge >= 0.3 is 0 Å². The van der Waals surface area contributed by atoms with Crippen LogP contribution in [0.1, 0.15) is 12.5 Å². The van der Waals surface area contributed by atoms with E-state index >= 15 is 0 Å². The molecule has 0 fully saturated rings. The van der Waals surface area contributed by atoms with Gasteiger partial charge in [-0.1, -0.05) is 53.4 Å². The first kappa shape index (κ1) is 14.0. The van der Waals surface area contributed by atoms with Crippen LogP contribution in [0.2, 0.25) is 0 Å². The number of hydrogen-bond donors (Lipinski definition) is 0. The van der Waals surface area contributed by atoms with E-state index in [1.54, 1.807) is 5.51 Å². The van der Waals surface area contributed by atoms with Crippen LogP contribution in [-0.2, 0) is 11.3 Å². The van der Waals surface area contributed by atoms with E-state index in [1.165, 1.54) is 23.1 Å². The molecule has 0 bridgehead atoms. The molecule has 1 aromatic heterocycles. The highest BCUT2D eigenvalue weighted by Gasteiger charge is 2.13. The monoisotopic (exact) mass is 293 g/mol. The lowest BCUT2D eigenvalue weighted by molar-refractivity contribution is -0.128. The van der Waals surface area contributed by atoms with E-state index < -0.39 is 0 Å². The fourth-order valence-electron chi connectivity index (χ4n) is 1.62. The third-order valence-electron chi connectivity index (χ3n) is 2.61. The molecule has 0 saturated carbocycles. The van der Waals surface area contributed by atoms with E-state index in [1.807, 2.05) is 42.2 Å². The molecule has 0 aliphatic carbocycles. The molecule has 1 aromatic carbocycles. The molecule has 0 aliphatic rings. The molecule has 0 radical (unpaired) electrons. The van der Waals surface area contributed by atoms with Crippen LogP contribution in [0, 0.1) is 0 Å². The lowest BCUT2D eigenvalue weighted by Gasteiger charge is -2.20. The topological polar surface area (TPSA) is 46.1 Å². The van der Waals surface area contributed by atoms with Gasteiger partial charge in [0.05, 0.1) is 5.75 Å². The first-order chi connectivity index (χ1) is 9.29. The summed E-state index contributed by atoms with van der Waals surface area (Å²) >= 11 is 2.90. The maximum atomic E-state index is 12.1. The molecule has 4 nitrogen and oxygen atoms in total. The Morgan fingerprint density at radius 3 is 2.79 bits per heavy atom. The van der Waals surface area contributed by atoms with Crippen molar-refractivity contribution in [3.05, 3.63) is 41.4 Å². The third-order valence-corrected chi connectivity index (χ3v) is 4.45. The van der Waals surface area contributed by atoms with Crippen molar-refractivity contribution >= 4 is 29.0 Å². The number of carbonyl (C=O) groups is 1. The number of hydrogen-bond acceptors (Lipinski definition) is 5. The summed E-state index contributed by atoms with van der Waals surface area (Å²) in [5, 5.41) is 7.67. The molecule has 0 atom stereocenters. The van der Waals surface area contributed by atoms with Crippen molar-refractivity contribution in [2.75, 3.05) is 12.3 Å². The van der Waals surface area contributed by atoms with Crippen molar-refractivity contribution in [1.82, 2.24) is 15.1 Å². The van der Waals surface area contributed by atoms with Crippen LogP contribution in [-0.4, -0.2) is 33.3 Å². The highest BCUT2D eigenvalue weighted by molar-refractivity contribution is 8.01. The van der Waals surface area contributed by atoms with E-state index in [0.717, 1.165) is 9.90 Å². The highest BCUT2D eigenvalue weighted by atomic mass is 32.2. The van der Waals surface area contributed by atoms with Crippen molar-refractivity contribution in [3.8, 4) is 0 Å². The lowest BCUT2D eigenvalue weighted by atomic mass is 10.2. The van der Waals surface area contributed by atoms with Crippen LogP contribution in [0.3, 0.4) is 0 Å². The largest absolute Gasteiger partial charge is 0.338 e. The number of benzene rings is 1. The zero-order valence-electron chi connectivity index (χ0n) is 10.7. The van der Waals surface area contributed by atoms with Crippen LogP contribution in [0.5, 0.6) is 0 Å². The van der Waals surface area contributed by atoms with Crippen LogP contribution in [0.25, 0.3) is 0 Å². The summed E-state index contributed by atoms with van der Waals surface area (Å²) in [5.74, 6) is 0.544. The molecule has 6 heteroatoms. The van der Waals surface area contributed by atoms with Crippen LogP contribution < -0.4 is 0 Å². The Bertz CT molecular complexity index is 502. The van der Waals surface area contributed by atoms with E-state index in [2.05, 4.69) is 10.2 Å². The average molecular weight is 293 g/mol. The summed E-state index contributed by atoms with van der Waals surface area (Å²) < 4.78 is 0.837. The minimum absolute atomic E-state index is 0.131. The van der Waals surface area contributed by atoms with Gasteiger partial charge in [-0.25, -0.2) is 0 Å². The Hall–Kier alpha value is -1.40. The van der Waals surface area contributed by atoms with Gasteiger partial charge in [0.1, 0.15) is 5.51 Å². The summed E-state index contributed by atoms with van der Waals surface area (Å²) in [5.41, 5.74) is 2.83. The molecular weight excluding hydrogens is 278 g/mol. The Morgan fingerprint density at radius 2 is 2.16 bits per heavy atom. The van der Waals surface area contributed by atoms with Gasteiger partial charge < -0.3 is 4.90 Å². The van der Waals surface area contributed by atoms with Gasteiger partial charge in [-0.3, -0.25) is 4.79 Å². The SMILES string of the molecule is CCN(Cc1ccccc1)C(=O)CSc1nncs1. The highest BCUT2D eigenvalue weighted by Crippen LogP contribution is 2.19.